The highest BCUT2D eigenvalue weighted by molar-refractivity contribution is 7.80. The summed E-state index contributed by atoms with van der Waals surface area (Å²) in [6, 6.07) is 22.2. The molecule has 0 unspecified atom stereocenters. The summed E-state index contributed by atoms with van der Waals surface area (Å²) in [7, 11) is 1.60. The largest absolute Gasteiger partial charge is 0.494 e. The minimum atomic E-state index is -0.170. The third-order valence-corrected chi connectivity index (χ3v) is 7.55. The van der Waals surface area contributed by atoms with E-state index in [0.29, 0.717) is 23.0 Å². The van der Waals surface area contributed by atoms with Crippen molar-refractivity contribution in [3.8, 4) is 11.4 Å². The molecule has 2 atom stereocenters. The van der Waals surface area contributed by atoms with Crippen molar-refractivity contribution in [1.29, 1.82) is 0 Å². The van der Waals surface area contributed by atoms with Gasteiger partial charge in [-0.2, -0.15) is 0 Å². The number of nitrogens with zero attached hydrogens (tertiary/aromatic N) is 3. The molecule has 7 nitrogen and oxygen atoms in total. The van der Waals surface area contributed by atoms with Crippen LogP contribution in [0.2, 0.25) is 0 Å². The number of aryl methyl sites for hydroxylation is 2. The van der Waals surface area contributed by atoms with Crippen molar-refractivity contribution in [2.75, 3.05) is 17.3 Å². The van der Waals surface area contributed by atoms with E-state index in [4.69, 9.17) is 17.0 Å². The Hall–Kier alpha value is -4.17. The standard InChI is InChI=1S/C31H33N5O2S/c1-6-28(37)33-25-15-14-23(18-27(25)38-5)36-30(29(34-31(36)39)26-9-7-8-16-32-26)24-17-20(3)35(21(24)4)22-12-10-19(2)11-13-22/h7-18,29-30H,6H2,1-5H3,(H,33,37)(H,34,39)/t29-,30+/m1/s1. The number of carbonyl (C=O) groups is 1. The van der Waals surface area contributed by atoms with E-state index in [9.17, 15) is 4.79 Å². The first-order valence-corrected chi connectivity index (χ1v) is 13.5. The first-order valence-electron chi connectivity index (χ1n) is 13.1. The van der Waals surface area contributed by atoms with Crippen molar-refractivity contribution in [1.82, 2.24) is 14.9 Å². The summed E-state index contributed by atoms with van der Waals surface area (Å²) in [6.45, 7) is 8.20. The van der Waals surface area contributed by atoms with Crippen LogP contribution in [0.4, 0.5) is 11.4 Å². The third kappa shape index (κ3) is 5.00. The highest BCUT2D eigenvalue weighted by atomic mass is 32.1. The number of methoxy groups -OCH3 is 1. The van der Waals surface area contributed by atoms with E-state index in [0.717, 1.165) is 34.0 Å². The Morgan fingerprint density at radius 1 is 1.05 bits per heavy atom. The molecule has 1 aliphatic rings. The van der Waals surface area contributed by atoms with Crippen LogP contribution < -0.4 is 20.3 Å². The van der Waals surface area contributed by atoms with Gasteiger partial charge in [0.15, 0.2) is 5.11 Å². The molecule has 0 bridgehead atoms. The molecule has 1 amide bonds. The maximum atomic E-state index is 12.1. The second kappa shape index (κ2) is 10.9. The van der Waals surface area contributed by atoms with Gasteiger partial charge >= 0.3 is 0 Å². The Balaban J connectivity index is 1.64. The van der Waals surface area contributed by atoms with Crippen LogP contribution >= 0.6 is 12.2 Å². The van der Waals surface area contributed by atoms with Gasteiger partial charge < -0.3 is 24.8 Å². The van der Waals surface area contributed by atoms with Crippen LogP contribution in [-0.2, 0) is 4.79 Å². The van der Waals surface area contributed by atoms with E-state index in [2.05, 4.69) is 76.2 Å². The zero-order valence-electron chi connectivity index (χ0n) is 22.9. The quantitative estimate of drug-likeness (QED) is 0.267. The lowest BCUT2D eigenvalue weighted by atomic mass is 9.96. The van der Waals surface area contributed by atoms with Crippen LogP contribution in [0.1, 0.15) is 53.6 Å². The molecule has 8 heteroatoms. The molecule has 1 aliphatic heterocycles. The summed E-state index contributed by atoms with van der Waals surface area (Å²) < 4.78 is 7.96. The van der Waals surface area contributed by atoms with Gasteiger partial charge in [-0.3, -0.25) is 9.78 Å². The highest BCUT2D eigenvalue weighted by Crippen LogP contribution is 2.45. The Morgan fingerprint density at radius 2 is 1.79 bits per heavy atom. The lowest BCUT2D eigenvalue weighted by Gasteiger charge is -2.29. The summed E-state index contributed by atoms with van der Waals surface area (Å²) in [4.78, 5) is 18.9. The molecule has 5 rings (SSSR count). The van der Waals surface area contributed by atoms with E-state index in [1.807, 2.05) is 49.5 Å². The Labute approximate surface area is 234 Å². The van der Waals surface area contributed by atoms with Crippen LogP contribution in [0.15, 0.2) is 72.9 Å². The van der Waals surface area contributed by atoms with Crippen molar-refractivity contribution >= 4 is 34.6 Å². The van der Waals surface area contributed by atoms with E-state index >= 15 is 0 Å². The number of rotatable bonds is 7. The van der Waals surface area contributed by atoms with Gasteiger partial charge in [-0.25, -0.2) is 0 Å². The number of anilines is 2. The average molecular weight is 540 g/mol. The first-order chi connectivity index (χ1) is 18.8. The molecule has 3 heterocycles. The maximum absolute atomic E-state index is 12.1. The van der Waals surface area contributed by atoms with Crippen LogP contribution in [0.5, 0.6) is 5.75 Å². The second-order valence-electron chi connectivity index (χ2n) is 9.78. The van der Waals surface area contributed by atoms with Gasteiger partial charge in [0.25, 0.3) is 0 Å². The number of benzene rings is 2. The lowest BCUT2D eigenvalue weighted by Crippen LogP contribution is -2.29. The third-order valence-electron chi connectivity index (χ3n) is 7.24. The molecular formula is C31H33N5O2S. The molecule has 2 N–H and O–H groups in total. The molecule has 1 fully saturated rings. The molecule has 2 aromatic carbocycles. The number of aromatic nitrogens is 2. The molecule has 0 saturated carbocycles. The van der Waals surface area contributed by atoms with Crippen LogP contribution in [0, 0.1) is 20.8 Å². The van der Waals surface area contributed by atoms with Gasteiger partial charge in [-0.15, -0.1) is 0 Å². The topological polar surface area (TPSA) is 71.4 Å². The fraction of sp³-hybridized carbons (Fsp3) is 0.258. The van der Waals surface area contributed by atoms with E-state index in [1.54, 1.807) is 7.11 Å². The maximum Gasteiger partial charge on any atom is 0.224 e. The summed E-state index contributed by atoms with van der Waals surface area (Å²) in [6.07, 6.45) is 2.19. The Bertz CT molecular complexity index is 1510. The predicted octanol–water partition coefficient (Wildman–Crippen LogP) is 6.33. The minimum absolute atomic E-state index is 0.0731. The normalized spacial score (nSPS) is 16.7. The Morgan fingerprint density at radius 3 is 2.46 bits per heavy atom. The number of nitrogens with one attached hydrogen (secondary N) is 2. The number of pyridine rings is 1. The van der Waals surface area contributed by atoms with Gasteiger partial charge in [0.1, 0.15) is 5.75 Å². The van der Waals surface area contributed by atoms with Crippen molar-refractivity contribution in [3.63, 3.8) is 0 Å². The Kier molecular flexibility index (Phi) is 7.39. The molecule has 0 aliphatic carbocycles. The second-order valence-corrected chi connectivity index (χ2v) is 10.2. The van der Waals surface area contributed by atoms with E-state index < -0.39 is 0 Å². The molecule has 0 spiro atoms. The SMILES string of the molecule is CCC(=O)Nc1ccc(N2C(=S)N[C@H](c3ccccn3)[C@@H]2c2cc(C)n(-c3ccc(C)cc3)c2C)cc1OC. The molecule has 200 valence electrons. The van der Waals surface area contributed by atoms with E-state index in [1.165, 1.54) is 5.56 Å². The van der Waals surface area contributed by atoms with E-state index in [-0.39, 0.29) is 18.0 Å². The zero-order valence-corrected chi connectivity index (χ0v) is 23.7. The van der Waals surface area contributed by atoms with Crippen molar-refractivity contribution in [3.05, 3.63) is 101 Å². The number of hydrogen-bond donors (Lipinski definition) is 2. The van der Waals surface area contributed by atoms with Gasteiger partial charge in [0.05, 0.1) is 30.6 Å². The predicted molar refractivity (Wildman–Crippen MR) is 160 cm³/mol. The monoisotopic (exact) mass is 539 g/mol. The molecule has 39 heavy (non-hydrogen) atoms. The minimum Gasteiger partial charge on any atom is -0.494 e. The van der Waals surface area contributed by atoms with Crippen molar-refractivity contribution in [2.45, 2.75) is 46.2 Å². The van der Waals surface area contributed by atoms with Crippen LogP contribution in [0.25, 0.3) is 5.69 Å². The van der Waals surface area contributed by atoms with Gasteiger partial charge in [0, 0.05) is 41.4 Å². The number of hydrogen-bond acceptors (Lipinski definition) is 4. The summed E-state index contributed by atoms with van der Waals surface area (Å²) in [5.41, 5.74) is 8.17. The van der Waals surface area contributed by atoms with Crippen LogP contribution in [-0.4, -0.2) is 27.7 Å². The average Bonchev–Trinajstić information content (AvgIpc) is 3.44. The number of amides is 1. The number of thiocarbonyl (C=S) groups is 1. The molecule has 2 aromatic heterocycles. The van der Waals surface area contributed by atoms with Gasteiger partial charge in [0.2, 0.25) is 5.91 Å². The summed E-state index contributed by atoms with van der Waals surface area (Å²) in [5, 5.41) is 7.05. The first kappa shape index (κ1) is 26.4. The molecule has 1 saturated heterocycles. The summed E-state index contributed by atoms with van der Waals surface area (Å²) in [5.74, 6) is 0.498. The van der Waals surface area contributed by atoms with Crippen molar-refractivity contribution < 1.29 is 9.53 Å². The van der Waals surface area contributed by atoms with Crippen LogP contribution in [0.3, 0.4) is 0 Å². The van der Waals surface area contributed by atoms with Gasteiger partial charge in [-0.05, 0) is 81.0 Å². The number of ether oxygens (including phenoxy) is 1. The summed E-state index contributed by atoms with van der Waals surface area (Å²) >= 11 is 5.94. The molecule has 0 radical (unpaired) electrons. The zero-order chi connectivity index (χ0) is 27.7. The molecule has 4 aromatic rings. The number of carbonyl (C=O) groups excluding carboxylic acids is 1. The highest BCUT2D eigenvalue weighted by Gasteiger charge is 2.42. The fourth-order valence-electron chi connectivity index (χ4n) is 5.30. The van der Waals surface area contributed by atoms with Crippen molar-refractivity contribution in [2.24, 2.45) is 0 Å². The molecular weight excluding hydrogens is 506 g/mol. The lowest BCUT2D eigenvalue weighted by molar-refractivity contribution is -0.115. The fourth-order valence-corrected chi connectivity index (χ4v) is 5.64. The smallest absolute Gasteiger partial charge is 0.224 e. The van der Waals surface area contributed by atoms with Gasteiger partial charge in [-0.1, -0.05) is 30.7 Å².